The van der Waals surface area contributed by atoms with Gasteiger partial charge in [0.15, 0.2) is 0 Å². The lowest BCUT2D eigenvalue weighted by Crippen LogP contribution is -2.29. The van der Waals surface area contributed by atoms with E-state index in [-0.39, 0.29) is 11.6 Å². The van der Waals surface area contributed by atoms with Crippen LogP contribution in [-0.4, -0.2) is 23.7 Å². The van der Waals surface area contributed by atoms with Gasteiger partial charge in [-0.25, -0.2) is 9.59 Å². The molecule has 0 aliphatic rings. The Morgan fingerprint density at radius 1 is 1.42 bits per heavy atom. The molecular weight excluding hydrogens is 244 g/mol. The van der Waals surface area contributed by atoms with Crippen LogP contribution in [0.25, 0.3) is 0 Å². The Bertz CT molecular complexity index is 518. The molecule has 0 saturated carbocycles. The lowest BCUT2D eigenvalue weighted by molar-refractivity contribution is 0.0697. The molecule has 0 bridgehead atoms. The molecule has 1 aromatic carbocycles. The third kappa shape index (κ3) is 4.72. The van der Waals surface area contributed by atoms with Gasteiger partial charge in [0.1, 0.15) is 0 Å². The minimum Gasteiger partial charge on any atom is -0.478 e. The summed E-state index contributed by atoms with van der Waals surface area (Å²) in [6, 6.07) is 4.20. The first kappa shape index (κ1) is 14.6. The maximum absolute atomic E-state index is 11.6. The first-order valence-electron chi connectivity index (χ1n) is 5.87. The Kier molecular flexibility index (Phi) is 5.42. The largest absolute Gasteiger partial charge is 0.478 e. The van der Waals surface area contributed by atoms with Crippen molar-refractivity contribution in [3.63, 3.8) is 0 Å². The lowest BCUT2D eigenvalue weighted by atomic mass is 10.1. The molecule has 0 spiro atoms. The van der Waals surface area contributed by atoms with E-state index in [0.717, 1.165) is 6.42 Å². The quantitative estimate of drug-likeness (QED) is 0.561. The van der Waals surface area contributed by atoms with Crippen molar-refractivity contribution >= 4 is 17.7 Å². The zero-order chi connectivity index (χ0) is 14.3. The molecule has 0 heterocycles. The number of nitrogens with one attached hydrogen (secondary N) is 2. The Hall–Kier alpha value is -2.48. The van der Waals surface area contributed by atoms with E-state index in [4.69, 9.17) is 11.5 Å². The van der Waals surface area contributed by atoms with Gasteiger partial charge in [0.25, 0.3) is 0 Å². The summed E-state index contributed by atoms with van der Waals surface area (Å²) in [5.41, 5.74) is 1.47. The molecular formula is C14H16N2O3. The highest BCUT2D eigenvalue weighted by Crippen LogP contribution is 2.16. The second-order valence-electron chi connectivity index (χ2n) is 4.02. The van der Waals surface area contributed by atoms with Gasteiger partial charge in [0, 0.05) is 18.7 Å². The summed E-state index contributed by atoms with van der Waals surface area (Å²) in [6.07, 6.45) is 6.44. The number of aryl methyl sites for hydroxylation is 1. The third-order valence-electron chi connectivity index (χ3n) is 2.51. The topological polar surface area (TPSA) is 78.4 Å². The average Bonchev–Trinajstić information content (AvgIpc) is 2.37. The fourth-order valence-electron chi connectivity index (χ4n) is 1.50. The first-order valence-corrected chi connectivity index (χ1v) is 5.87. The smallest absolute Gasteiger partial charge is 0.335 e. The summed E-state index contributed by atoms with van der Waals surface area (Å²) >= 11 is 0. The van der Waals surface area contributed by atoms with Crippen molar-refractivity contribution in [3.8, 4) is 12.3 Å². The number of anilines is 1. The van der Waals surface area contributed by atoms with E-state index in [1.54, 1.807) is 13.0 Å². The number of carbonyl (C=O) groups excluding carboxylic acids is 1. The van der Waals surface area contributed by atoms with Crippen LogP contribution in [0.2, 0.25) is 0 Å². The number of carboxylic acids is 1. The SMILES string of the molecule is C#CCCCNC(=O)Nc1ccc(C(=O)O)cc1C. The van der Waals surface area contributed by atoms with Crippen molar-refractivity contribution in [1.82, 2.24) is 5.32 Å². The summed E-state index contributed by atoms with van der Waals surface area (Å²) in [6.45, 7) is 2.24. The van der Waals surface area contributed by atoms with Crippen molar-refractivity contribution in [1.29, 1.82) is 0 Å². The van der Waals surface area contributed by atoms with Crippen molar-refractivity contribution < 1.29 is 14.7 Å². The second-order valence-corrected chi connectivity index (χ2v) is 4.02. The minimum absolute atomic E-state index is 0.192. The molecule has 0 radical (unpaired) electrons. The molecule has 5 heteroatoms. The predicted octanol–water partition coefficient (Wildman–Crippen LogP) is 2.23. The van der Waals surface area contributed by atoms with Crippen LogP contribution in [-0.2, 0) is 0 Å². The van der Waals surface area contributed by atoms with Crippen molar-refractivity contribution in [2.24, 2.45) is 0 Å². The highest BCUT2D eigenvalue weighted by molar-refractivity contribution is 5.92. The van der Waals surface area contributed by atoms with Gasteiger partial charge >= 0.3 is 12.0 Å². The molecule has 100 valence electrons. The minimum atomic E-state index is -0.992. The van der Waals surface area contributed by atoms with E-state index in [2.05, 4.69) is 16.6 Å². The van der Waals surface area contributed by atoms with Crippen LogP contribution in [0.1, 0.15) is 28.8 Å². The van der Waals surface area contributed by atoms with Crippen molar-refractivity contribution in [2.75, 3.05) is 11.9 Å². The van der Waals surface area contributed by atoms with Crippen LogP contribution in [0.3, 0.4) is 0 Å². The van der Waals surface area contributed by atoms with Crippen LogP contribution in [0.5, 0.6) is 0 Å². The maximum atomic E-state index is 11.6. The monoisotopic (exact) mass is 260 g/mol. The summed E-state index contributed by atoms with van der Waals surface area (Å²) in [7, 11) is 0. The van der Waals surface area contributed by atoms with Crippen LogP contribution in [0, 0.1) is 19.3 Å². The van der Waals surface area contributed by atoms with Gasteiger partial charge in [0.2, 0.25) is 0 Å². The van der Waals surface area contributed by atoms with Gasteiger partial charge in [-0.1, -0.05) is 0 Å². The summed E-state index contributed by atoms with van der Waals surface area (Å²) in [5, 5.41) is 14.2. The highest BCUT2D eigenvalue weighted by Gasteiger charge is 2.07. The van der Waals surface area contributed by atoms with Crippen molar-refractivity contribution in [2.45, 2.75) is 19.8 Å². The van der Waals surface area contributed by atoms with Gasteiger partial charge < -0.3 is 15.7 Å². The van der Waals surface area contributed by atoms with E-state index in [1.807, 2.05) is 0 Å². The fraction of sp³-hybridized carbons (Fsp3) is 0.286. The van der Waals surface area contributed by atoms with Gasteiger partial charge in [-0.15, -0.1) is 12.3 Å². The Balaban J connectivity index is 2.55. The van der Waals surface area contributed by atoms with Crippen LogP contribution in [0.4, 0.5) is 10.5 Å². The number of hydrogen-bond donors (Lipinski definition) is 3. The molecule has 0 fully saturated rings. The fourth-order valence-corrected chi connectivity index (χ4v) is 1.50. The van der Waals surface area contributed by atoms with Crippen LogP contribution < -0.4 is 10.6 Å². The molecule has 5 nitrogen and oxygen atoms in total. The van der Waals surface area contributed by atoms with Crippen LogP contribution in [0.15, 0.2) is 18.2 Å². The zero-order valence-electron chi connectivity index (χ0n) is 10.7. The number of hydrogen-bond acceptors (Lipinski definition) is 2. The molecule has 0 unspecified atom stereocenters. The number of aromatic carboxylic acids is 1. The van der Waals surface area contributed by atoms with Gasteiger partial charge in [-0.05, 0) is 37.1 Å². The van der Waals surface area contributed by atoms with E-state index in [1.165, 1.54) is 12.1 Å². The van der Waals surface area contributed by atoms with Crippen molar-refractivity contribution in [3.05, 3.63) is 29.3 Å². The Labute approximate surface area is 112 Å². The highest BCUT2D eigenvalue weighted by atomic mass is 16.4. The van der Waals surface area contributed by atoms with Gasteiger partial charge in [-0.3, -0.25) is 0 Å². The Morgan fingerprint density at radius 2 is 2.16 bits per heavy atom. The molecule has 0 aromatic heterocycles. The summed E-state index contributed by atoms with van der Waals surface area (Å²) < 4.78 is 0. The third-order valence-corrected chi connectivity index (χ3v) is 2.51. The van der Waals surface area contributed by atoms with E-state index in [9.17, 15) is 9.59 Å². The number of unbranched alkanes of at least 4 members (excludes halogenated alkanes) is 1. The molecule has 3 N–H and O–H groups in total. The maximum Gasteiger partial charge on any atom is 0.335 e. The lowest BCUT2D eigenvalue weighted by Gasteiger charge is -2.10. The number of carboxylic acid groups (broad SMARTS) is 1. The predicted molar refractivity (Wildman–Crippen MR) is 73.2 cm³/mol. The summed E-state index contributed by atoms with van der Waals surface area (Å²) in [4.78, 5) is 22.3. The second kappa shape index (κ2) is 7.07. The molecule has 0 aliphatic carbocycles. The normalized spacial score (nSPS) is 9.47. The van der Waals surface area contributed by atoms with Crippen LogP contribution >= 0.6 is 0 Å². The standard InChI is InChI=1S/C14H16N2O3/c1-3-4-5-8-15-14(19)16-12-7-6-11(13(17)18)9-10(12)2/h1,6-7,9H,4-5,8H2,2H3,(H,17,18)(H2,15,16,19). The number of amides is 2. The Morgan fingerprint density at radius 3 is 2.74 bits per heavy atom. The number of carbonyl (C=O) groups is 2. The number of urea groups is 1. The molecule has 1 aromatic rings. The number of rotatable bonds is 5. The number of terminal acetylenes is 1. The molecule has 19 heavy (non-hydrogen) atoms. The average molecular weight is 260 g/mol. The van der Waals surface area contributed by atoms with Gasteiger partial charge in [-0.2, -0.15) is 0 Å². The van der Waals surface area contributed by atoms with E-state index in [0.29, 0.717) is 24.2 Å². The molecule has 1 rings (SSSR count). The van der Waals surface area contributed by atoms with Gasteiger partial charge in [0.05, 0.1) is 5.56 Å². The van der Waals surface area contributed by atoms with E-state index < -0.39 is 5.97 Å². The zero-order valence-corrected chi connectivity index (χ0v) is 10.7. The molecule has 0 saturated heterocycles. The molecule has 2 amide bonds. The number of benzene rings is 1. The first-order chi connectivity index (χ1) is 9.04. The molecule has 0 aliphatic heterocycles. The summed E-state index contributed by atoms with van der Waals surface area (Å²) in [5.74, 6) is 1.50. The van der Waals surface area contributed by atoms with E-state index >= 15 is 0 Å². The molecule has 0 atom stereocenters.